The number of hydrogen-bond acceptors (Lipinski definition) is 0. The van der Waals surface area contributed by atoms with E-state index in [4.69, 9.17) is 0 Å². The molecule has 2 aromatic rings. The maximum absolute atomic E-state index is 3.19. The van der Waals surface area contributed by atoms with Crippen molar-refractivity contribution in [1.82, 2.24) is 0 Å². The van der Waals surface area contributed by atoms with Crippen molar-refractivity contribution in [3.05, 3.63) is 60.7 Å². The number of rotatable bonds is 0. The van der Waals surface area contributed by atoms with Crippen LogP contribution in [0.3, 0.4) is 0 Å². The molecule has 72 valence electrons. The van der Waals surface area contributed by atoms with E-state index in [-0.39, 0.29) is 14.5 Å². The van der Waals surface area contributed by atoms with Gasteiger partial charge in [0.2, 0.25) is 0 Å². The fourth-order valence-electron chi connectivity index (χ4n) is 0.642. The number of halogens is 2. The van der Waals surface area contributed by atoms with Gasteiger partial charge in [0.05, 0.1) is 0 Å². The summed E-state index contributed by atoms with van der Waals surface area (Å²) < 4.78 is 0. The molecule has 0 unspecified atom stereocenters. The summed E-state index contributed by atoms with van der Waals surface area (Å²) in [5.41, 5.74) is 0. The van der Waals surface area contributed by atoms with Crippen molar-refractivity contribution >= 4 is 26.6 Å². The van der Waals surface area contributed by atoms with E-state index in [0.29, 0.717) is 0 Å². The van der Waals surface area contributed by atoms with Crippen LogP contribution in [0.2, 0.25) is 0 Å². The van der Waals surface area contributed by atoms with Crippen LogP contribution in [0.15, 0.2) is 60.7 Å². The molecule has 0 nitrogen and oxygen atoms in total. The summed E-state index contributed by atoms with van der Waals surface area (Å²) in [4.78, 5) is 0. The predicted octanol–water partition coefficient (Wildman–Crippen LogP) is 4.50. The van der Waals surface area contributed by atoms with Gasteiger partial charge in [-0.1, -0.05) is 0 Å². The summed E-state index contributed by atoms with van der Waals surface area (Å²) in [7, 11) is 0. The molecule has 3 heteroatoms. The first-order valence-electron chi connectivity index (χ1n) is 3.64. The van der Waals surface area contributed by atoms with Crippen LogP contribution in [-0.4, -0.2) is 0 Å². The second kappa shape index (κ2) is 12.3. The Hall–Kier alpha value is 0.348. The van der Waals surface area contributed by atoms with Gasteiger partial charge in [0.25, 0.3) is 0 Å². The second-order valence-electron chi connectivity index (χ2n) is 1.98. The minimum atomic E-state index is 0.0950. The van der Waals surface area contributed by atoms with Crippen molar-refractivity contribution in [2.45, 2.75) is 0 Å². The Balaban J connectivity index is 0.000000174. The molecule has 0 bridgehead atoms. The molecule has 0 radical (unpaired) electrons. The quantitative estimate of drug-likeness (QED) is 0.462. The topological polar surface area (TPSA) is 0 Å². The molecule has 0 saturated carbocycles. The molecule has 0 amide bonds. The molecule has 0 heterocycles. The van der Waals surface area contributed by atoms with E-state index in [1.165, 1.54) is 0 Å². The van der Waals surface area contributed by atoms with Crippen LogP contribution in [0.5, 0.6) is 0 Å². The molecule has 0 saturated heterocycles. The normalized spacial score (nSPS) is 7.54. The van der Waals surface area contributed by atoms with Crippen molar-refractivity contribution in [3.63, 3.8) is 0 Å². The van der Waals surface area contributed by atoms with E-state index in [2.05, 4.69) is 26.6 Å². The van der Waals surface area contributed by atoms with Crippen LogP contribution >= 0.6 is 26.6 Å². The zero-order chi connectivity index (χ0) is 9.78. The van der Waals surface area contributed by atoms with Gasteiger partial charge in [-0.3, -0.25) is 0 Å². The summed E-state index contributed by atoms with van der Waals surface area (Å²) in [6.45, 7) is 0. The maximum atomic E-state index is 3.19. The van der Waals surface area contributed by atoms with Crippen molar-refractivity contribution in [1.29, 1.82) is 0 Å². The Morgan fingerprint density at radius 1 is 0.692 bits per heavy atom. The summed E-state index contributed by atoms with van der Waals surface area (Å²) >= 11 is 6.48. The van der Waals surface area contributed by atoms with E-state index < -0.39 is 0 Å². The zero-order valence-corrected chi connectivity index (χ0v) is 12.1. The van der Waals surface area contributed by atoms with E-state index in [1.54, 1.807) is 0 Å². The van der Waals surface area contributed by atoms with Gasteiger partial charge in [-0.15, -0.1) is 0 Å². The van der Waals surface area contributed by atoms with Gasteiger partial charge >= 0.3 is 41.0 Å². The van der Waals surface area contributed by atoms with E-state index in [1.807, 2.05) is 60.7 Å². The fourth-order valence-corrected chi connectivity index (χ4v) is 0.642. The largest absolute Gasteiger partial charge is 0.214 e. The average Bonchev–Trinajstić information content (AvgIpc) is 2.85. The maximum Gasteiger partial charge on any atom is -0.172 e. The Labute approximate surface area is 101 Å². The molecule has 0 aromatic heterocycles. The van der Waals surface area contributed by atoms with Gasteiger partial charge in [0.15, 0.2) is 0 Å². The van der Waals surface area contributed by atoms with Gasteiger partial charge in [-0.2, -0.15) is 36.4 Å². The Kier molecular flexibility index (Phi) is 12.7. The summed E-state index contributed by atoms with van der Waals surface area (Å²) in [5.74, 6) is 0. The first kappa shape index (κ1) is 13.3. The van der Waals surface area contributed by atoms with Crippen LogP contribution in [0.25, 0.3) is 0 Å². The second-order valence-corrected chi connectivity index (χ2v) is 11.2. The molecule has 0 aliphatic carbocycles. The minimum Gasteiger partial charge on any atom is -0.214 e. The standard InChI is InChI=1S/2C5H5.2BrH.Mo/c2*1-2-4-5-3-1;;;/h2*1-5H;2*1H;/q2*-1;;;+2/p-2. The third kappa shape index (κ3) is 12.3. The molecule has 2 rings (SSSR count). The molecule has 0 N–H and O–H groups in total. The summed E-state index contributed by atoms with van der Waals surface area (Å²) in [6, 6.07) is 20.0. The van der Waals surface area contributed by atoms with E-state index >= 15 is 0 Å². The van der Waals surface area contributed by atoms with Crippen molar-refractivity contribution in [2.24, 2.45) is 0 Å². The van der Waals surface area contributed by atoms with Crippen LogP contribution in [-0.2, 0) is 14.5 Å². The van der Waals surface area contributed by atoms with Crippen molar-refractivity contribution in [2.75, 3.05) is 0 Å². The molecule has 2 aromatic carbocycles. The van der Waals surface area contributed by atoms with Gasteiger partial charge in [0.1, 0.15) is 0 Å². The Morgan fingerprint density at radius 3 is 1.00 bits per heavy atom. The molecule has 0 spiro atoms. The first-order valence-corrected chi connectivity index (χ1v) is 12.8. The SMILES string of the molecule is [Br][Mo][Br].c1cc[cH-]c1.c1cc[cH-]c1. The first-order chi connectivity index (χ1) is 6.41. The van der Waals surface area contributed by atoms with Crippen LogP contribution < -0.4 is 0 Å². The third-order valence-corrected chi connectivity index (χ3v) is 1.11. The molecule has 13 heavy (non-hydrogen) atoms. The van der Waals surface area contributed by atoms with Crippen LogP contribution in [0.4, 0.5) is 0 Å². The average molecular weight is 386 g/mol. The van der Waals surface area contributed by atoms with Gasteiger partial charge in [-0.25, -0.2) is 24.3 Å². The Morgan fingerprint density at radius 2 is 0.923 bits per heavy atom. The van der Waals surface area contributed by atoms with Crippen molar-refractivity contribution in [3.8, 4) is 0 Å². The number of hydrogen-bond donors (Lipinski definition) is 0. The van der Waals surface area contributed by atoms with Crippen LogP contribution in [0.1, 0.15) is 0 Å². The monoisotopic (exact) mass is 386 g/mol. The smallest absolute Gasteiger partial charge is 0.172 e. The van der Waals surface area contributed by atoms with Crippen molar-refractivity contribution < 1.29 is 14.5 Å². The van der Waals surface area contributed by atoms with E-state index in [0.717, 1.165) is 0 Å². The van der Waals surface area contributed by atoms with Gasteiger partial charge in [-0.05, 0) is 0 Å². The molecular formula is C10H10Br2Mo-2. The summed E-state index contributed by atoms with van der Waals surface area (Å²) in [5, 5.41) is 0. The molecule has 0 fully saturated rings. The van der Waals surface area contributed by atoms with Gasteiger partial charge in [0, 0.05) is 0 Å². The van der Waals surface area contributed by atoms with Crippen LogP contribution in [0, 0.1) is 0 Å². The molecule has 0 atom stereocenters. The fraction of sp³-hybridized carbons (Fsp3) is 0. The molecule has 0 aliphatic rings. The minimum absolute atomic E-state index is 0.0950. The summed E-state index contributed by atoms with van der Waals surface area (Å²) in [6.07, 6.45) is 0. The Bertz CT molecular complexity index is 165. The third-order valence-electron chi connectivity index (χ3n) is 1.11. The van der Waals surface area contributed by atoms with Gasteiger partial charge < -0.3 is 0 Å². The zero-order valence-electron chi connectivity index (χ0n) is 6.94. The van der Waals surface area contributed by atoms with E-state index in [9.17, 15) is 0 Å². The molecular weight excluding hydrogens is 376 g/mol. The molecule has 0 aliphatic heterocycles. The predicted molar refractivity (Wildman–Crippen MR) is 61.9 cm³/mol.